The fraction of sp³-hybridized carbons (Fsp3) is 0.636. The van der Waals surface area contributed by atoms with Gasteiger partial charge < -0.3 is 10.2 Å². The zero-order valence-electron chi connectivity index (χ0n) is 9.40. The third-order valence-electron chi connectivity index (χ3n) is 3.01. The van der Waals surface area contributed by atoms with Gasteiger partial charge in [0.1, 0.15) is 5.82 Å². The number of anilines is 1. The van der Waals surface area contributed by atoms with Gasteiger partial charge in [0.2, 0.25) is 0 Å². The van der Waals surface area contributed by atoms with Crippen LogP contribution >= 0.6 is 0 Å². The maximum atomic E-state index is 4.39. The lowest BCUT2D eigenvalue weighted by Crippen LogP contribution is -2.44. The molecule has 1 aromatic rings. The normalized spacial score (nSPS) is 21.3. The summed E-state index contributed by atoms with van der Waals surface area (Å²) in [6, 6.07) is 0.550. The van der Waals surface area contributed by atoms with E-state index in [0.29, 0.717) is 6.04 Å². The first-order chi connectivity index (χ1) is 7.29. The molecule has 82 valence electrons. The molecular formula is C11H18N4. The second-order valence-electron chi connectivity index (χ2n) is 4.08. The molecule has 2 rings (SSSR count). The number of nitrogens with zero attached hydrogens (tertiary/aromatic N) is 3. The van der Waals surface area contributed by atoms with Crippen molar-refractivity contribution in [2.75, 3.05) is 25.0 Å². The lowest BCUT2D eigenvalue weighted by molar-refractivity contribution is 0.442. The fourth-order valence-electron chi connectivity index (χ4n) is 2.08. The van der Waals surface area contributed by atoms with Gasteiger partial charge in [0.25, 0.3) is 0 Å². The van der Waals surface area contributed by atoms with E-state index in [-0.39, 0.29) is 0 Å². The number of likely N-dealkylation sites (N-methyl/N-ethyl adjacent to an activating group) is 1. The van der Waals surface area contributed by atoms with Crippen LogP contribution in [0.4, 0.5) is 5.82 Å². The minimum Gasteiger partial charge on any atom is -0.354 e. The third kappa shape index (κ3) is 2.26. The molecule has 4 heteroatoms. The second kappa shape index (κ2) is 4.57. The molecule has 1 aromatic heterocycles. The Morgan fingerprint density at radius 3 is 2.87 bits per heavy atom. The number of aromatic nitrogens is 2. The van der Waals surface area contributed by atoms with E-state index in [1.165, 1.54) is 12.8 Å². The highest BCUT2D eigenvalue weighted by atomic mass is 15.2. The highest BCUT2D eigenvalue weighted by Crippen LogP contribution is 2.18. The summed E-state index contributed by atoms with van der Waals surface area (Å²) in [6.45, 7) is 4.20. The summed E-state index contributed by atoms with van der Waals surface area (Å²) in [5.41, 5.74) is 1.01. The van der Waals surface area contributed by atoms with E-state index in [9.17, 15) is 0 Å². The Labute approximate surface area is 90.7 Å². The van der Waals surface area contributed by atoms with Crippen LogP contribution in [0.1, 0.15) is 18.5 Å². The number of hydrogen-bond acceptors (Lipinski definition) is 4. The second-order valence-corrected chi connectivity index (χ2v) is 4.08. The summed E-state index contributed by atoms with van der Waals surface area (Å²) in [6.07, 6.45) is 5.98. The van der Waals surface area contributed by atoms with Crippen LogP contribution in [0.25, 0.3) is 0 Å². The van der Waals surface area contributed by atoms with E-state index < -0.39 is 0 Å². The molecular weight excluding hydrogens is 188 g/mol. The molecule has 1 unspecified atom stereocenters. The van der Waals surface area contributed by atoms with Gasteiger partial charge in [-0.25, -0.2) is 4.98 Å². The molecule has 0 aromatic carbocycles. The molecule has 1 atom stereocenters. The number of piperidine rings is 1. The third-order valence-corrected chi connectivity index (χ3v) is 3.01. The van der Waals surface area contributed by atoms with Crippen molar-refractivity contribution in [1.29, 1.82) is 0 Å². The predicted octanol–water partition coefficient (Wildman–Crippen LogP) is 0.973. The van der Waals surface area contributed by atoms with Crippen LogP contribution in [0.15, 0.2) is 12.4 Å². The van der Waals surface area contributed by atoms with E-state index in [1.807, 2.05) is 6.92 Å². The number of aryl methyl sites for hydroxylation is 1. The average molecular weight is 206 g/mol. The first kappa shape index (κ1) is 10.4. The first-order valence-corrected chi connectivity index (χ1v) is 5.50. The molecule has 0 aliphatic carbocycles. The highest BCUT2D eigenvalue weighted by Gasteiger charge is 2.19. The van der Waals surface area contributed by atoms with Crippen molar-refractivity contribution in [1.82, 2.24) is 15.3 Å². The molecule has 0 amide bonds. The molecule has 1 aliphatic heterocycles. The van der Waals surface area contributed by atoms with Gasteiger partial charge in [-0.1, -0.05) is 0 Å². The molecule has 0 bridgehead atoms. The summed E-state index contributed by atoms with van der Waals surface area (Å²) in [5, 5.41) is 3.42. The minimum absolute atomic E-state index is 0.550. The Morgan fingerprint density at radius 1 is 1.40 bits per heavy atom. The molecule has 15 heavy (non-hydrogen) atoms. The Morgan fingerprint density at radius 2 is 2.20 bits per heavy atom. The van der Waals surface area contributed by atoms with Crippen molar-refractivity contribution < 1.29 is 0 Å². The van der Waals surface area contributed by atoms with Crippen LogP contribution in [0.5, 0.6) is 0 Å². The van der Waals surface area contributed by atoms with Crippen molar-refractivity contribution in [2.45, 2.75) is 25.8 Å². The van der Waals surface area contributed by atoms with Crippen LogP contribution in [-0.4, -0.2) is 36.1 Å². The van der Waals surface area contributed by atoms with Gasteiger partial charge in [-0.15, -0.1) is 0 Å². The van der Waals surface area contributed by atoms with Crippen LogP contribution in [0, 0.1) is 6.92 Å². The van der Waals surface area contributed by atoms with Crippen LogP contribution in [-0.2, 0) is 0 Å². The summed E-state index contributed by atoms with van der Waals surface area (Å²) in [7, 11) is 2.11. The van der Waals surface area contributed by atoms with Crippen LogP contribution in [0.2, 0.25) is 0 Å². The van der Waals surface area contributed by atoms with Crippen molar-refractivity contribution in [2.24, 2.45) is 0 Å². The van der Waals surface area contributed by atoms with Crippen molar-refractivity contribution in [3.05, 3.63) is 18.1 Å². The van der Waals surface area contributed by atoms with Gasteiger partial charge in [0, 0.05) is 32.0 Å². The standard InChI is InChI=1S/C11H18N4/c1-9-11(14-7-6-13-9)15(2)10-4-3-5-12-8-10/h6-7,10,12H,3-5,8H2,1-2H3. The Kier molecular flexibility index (Phi) is 3.16. The number of rotatable bonds is 2. The quantitative estimate of drug-likeness (QED) is 0.783. The first-order valence-electron chi connectivity index (χ1n) is 5.50. The lowest BCUT2D eigenvalue weighted by Gasteiger charge is -2.32. The van der Waals surface area contributed by atoms with Gasteiger partial charge in [-0.05, 0) is 26.3 Å². The SMILES string of the molecule is Cc1nccnc1N(C)C1CCCNC1. The van der Waals surface area contributed by atoms with Crippen molar-refractivity contribution in [3.8, 4) is 0 Å². The van der Waals surface area contributed by atoms with Crippen LogP contribution in [0.3, 0.4) is 0 Å². The zero-order chi connectivity index (χ0) is 10.7. The van der Waals surface area contributed by atoms with Crippen LogP contribution < -0.4 is 10.2 Å². The Hall–Kier alpha value is -1.16. The summed E-state index contributed by atoms with van der Waals surface area (Å²) in [5.74, 6) is 1.01. The maximum Gasteiger partial charge on any atom is 0.150 e. The van der Waals surface area contributed by atoms with E-state index in [4.69, 9.17) is 0 Å². The zero-order valence-corrected chi connectivity index (χ0v) is 9.40. The maximum absolute atomic E-state index is 4.39. The number of hydrogen-bond donors (Lipinski definition) is 1. The largest absolute Gasteiger partial charge is 0.354 e. The van der Waals surface area contributed by atoms with E-state index in [2.05, 4.69) is 27.2 Å². The minimum atomic E-state index is 0.550. The molecule has 1 saturated heterocycles. The Balaban J connectivity index is 2.12. The molecule has 1 aliphatic rings. The number of nitrogens with one attached hydrogen (secondary N) is 1. The fourth-order valence-corrected chi connectivity index (χ4v) is 2.08. The molecule has 0 spiro atoms. The van der Waals surface area contributed by atoms with Crippen molar-refractivity contribution in [3.63, 3.8) is 0 Å². The lowest BCUT2D eigenvalue weighted by atomic mass is 10.1. The molecule has 0 saturated carbocycles. The Bertz CT molecular complexity index is 320. The molecule has 1 N–H and O–H groups in total. The molecule has 0 radical (unpaired) electrons. The monoisotopic (exact) mass is 206 g/mol. The summed E-state index contributed by atoms with van der Waals surface area (Å²) in [4.78, 5) is 10.9. The summed E-state index contributed by atoms with van der Waals surface area (Å²) < 4.78 is 0. The predicted molar refractivity (Wildman–Crippen MR) is 61.1 cm³/mol. The van der Waals surface area contributed by atoms with E-state index in [1.54, 1.807) is 12.4 Å². The average Bonchev–Trinajstić information content (AvgIpc) is 2.30. The molecule has 2 heterocycles. The summed E-state index contributed by atoms with van der Waals surface area (Å²) >= 11 is 0. The molecule has 1 fully saturated rings. The topological polar surface area (TPSA) is 41.1 Å². The van der Waals surface area contributed by atoms with Gasteiger partial charge >= 0.3 is 0 Å². The van der Waals surface area contributed by atoms with Gasteiger partial charge in [0.15, 0.2) is 0 Å². The smallest absolute Gasteiger partial charge is 0.150 e. The molecule has 4 nitrogen and oxygen atoms in total. The highest BCUT2D eigenvalue weighted by molar-refractivity contribution is 5.42. The van der Waals surface area contributed by atoms with Gasteiger partial charge in [0.05, 0.1) is 5.69 Å². The van der Waals surface area contributed by atoms with Gasteiger partial charge in [-0.2, -0.15) is 0 Å². The van der Waals surface area contributed by atoms with Crippen molar-refractivity contribution >= 4 is 5.82 Å². The van der Waals surface area contributed by atoms with Gasteiger partial charge in [-0.3, -0.25) is 4.98 Å². The van der Waals surface area contributed by atoms with E-state index >= 15 is 0 Å². The van der Waals surface area contributed by atoms with E-state index in [0.717, 1.165) is 24.6 Å².